The zero-order chi connectivity index (χ0) is 20.6. The van der Waals surface area contributed by atoms with E-state index in [1.807, 2.05) is 19.9 Å². The molecule has 0 fully saturated rings. The Morgan fingerprint density at radius 1 is 0.741 bits per heavy atom. The first-order valence-corrected chi connectivity index (χ1v) is 9.79. The van der Waals surface area contributed by atoms with E-state index in [9.17, 15) is 4.79 Å². The van der Waals surface area contributed by atoms with Crippen LogP contribution in [0.15, 0.2) is 36.4 Å². The molecule has 1 atom stereocenters. The molecule has 144 valence electrons. The molecule has 0 aromatic heterocycles. The van der Waals surface area contributed by atoms with Crippen LogP contribution in [0.1, 0.15) is 63.8 Å². The van der Waals surface area contributed by atoms with Crippen molar-refractivity contribution >= 4 is 27.8 Å². The highest BCUT2D eigenvalue weighted by Crippen LogP contribution is 2.36. The zero-order valence-electron chi connectivity index (χ0n) is 18.0. The Hall–Kier alpha value is -2.19. The summed E-state index contributed by atoms with van der Waals surface area (Å²) in [5.41, 5.74) is 10.00. The molecule has 2 N–H and O–H groups in total. The number of hydrogen-bond acceptors (Lipinski definition) is 2. The number of benzene rings is 3. The minimum absolute atomic E-state index is 0.124. The SMILES string of the molecule is CC.Cc1c2ccc(C(C)(N)C=O)cc2c(C)c2ccc(C(C)(C)C)cc12. The number of aryl methyl sites for hydroxylation is 2. The summed E-state index contributed by atoms with van der Waals surface area (Å²) in [5.74, 6) is 0. The molecule has 0 heterocycles. The van der Waals surface area contributed by atoms with Crippen LogP contribution in [0.2, 0.25) is 0 Å². The number of fused-ring (bicyclic) bond motifs is 2. The lowest BCUT2D eigenvalue weighted by atomic mass is 9.83. The van der Waals surface area contributed by atoms with Crippen LogP contribution in [0.4, 0.5) is 0 Å². The third-order valence-corrected chi connectivity index (χ3v) is 5.39. The van der Waals surface area contributed by atoms with Crippen LogP contribution in [0, 0.1) is 13.8 Å². The molecule has 3 aromatic rings. The molecule has 2 heteroatoms. The fourth-order valence-corrected chi connectivity index (χ4v) is 3.52. The van der Waals surface area contributed by atoms with Crippen molar-refractivity contribution in [2.75, 3.05) is 0 Å². The molecule has 0 saturated heterocycles. The van der Waals surface area contributed by atoms with Gasteiger partial charge in [-0.05, 0) is 76.1 Å². The van der Waals surface area contributed by atoms with E-state index in [4.69, 9.17) is 5.73 Å². The van der Waals surface area contributed by atoms with Crippen LogP contribution < -0.4 is 5.73 Å². The van der Waals surface area contributed by atoms with E-state index in [0.717, 1.165) is 11.8 Å². The predicted molar refractivity (Wildman–Crippen MR) is 119 cm³/mol. The normalized spacial score (nSPS) is 13.8. The quantitative estimate of drug-likeness (QED) is 0.428. The molecule has 0 saturated carbocycles. The standard InChI is InChI=1S/C23H27NO.C2H6/c1-14-19-10-8-17(23(6,24)13-25)12-21(19)15(2)18-9-7-16(11-20(14)18)22(3,4)5;1-2/h7-13H,24H2,1-6H3;1-2H3. The molecular weight excluding hydrogens is 330 g/mol. The topological polar surface area (TPSA) is 43.1 Å². The maximum absolute atomic E-state index is 11.3. The van der Waals surface area contributed by atoms with Crippen LogP contribution in [0.3, 0.4) is 0 Å². The lowest BCUT2D eigenvalue weighted by Gasteiger charge is -2.22. The molecule has 0 radical (unpaired) electrons. The largest absolute Gasteiger partial charge is 0.316 e. The molecular formula is C25H33NO. The van der Waals surface area contributed by atoms with Crippen molar-refractivity contribution in [2.24, 2.45) is 5.73 Å². The molecule has 0 aliphatic carbocycles. The summed E-state index contributed by atoms with van der Waals surface area (Å²) < 4.78 is 0. The van der Waals surface area contributed by atoms with Crippen LogP contribution in [-0.4, -0.2) is 6.29 Å². The Labute approximate surface area is 163 Å². The molecule has 3 aromatic carbocycles. The highest BCUT2D eigenvalue weighted by Gasteiger charge is 2.22. The first-order chi connectivity index (χ1) is 12.6. The van der Waals surface area contributed by atoms with Gasteiger partial charge in [0.15, 0.2) is 0 Å². The first kappa shape index (κ1) is 21.1. The third-order valence-electron chi connectivity index (χ3n) is 5.39. The smallest absolute Gasteiger partial charge is 0.144 e. The van der Waals surface area contributed by atoms with Gasteiger partial charge in [-0.25, -0.2) is 0 Å². The van der Waals surface area contributed by atoms with Crippen molar-refractivity contribution in [3.05, 3.63) is 58.7 Å². The summed E-state index contributed by atoms with van der Waals surface area (Å²) in [6.07, 6.45) is 0.813. The Morgan fingerprint density at radius 3 is 1.56 bits per heavy atom. The molecule has 1 unspecified atom stereocenters. The van der Waals surface area contributed by atoms with Crippen LogP contribution in [0.25, 0.3) is 21.5 Å². The van der Waals surface area contributed by atoms with E-state index in [0.29, 0.717) is 0 Å². The fraction of sp³-hybridized carbons (Fsp3) is 0.400. The summed E-state index contributed by atoms with van der Waals surface area (Å²) in [5, 5.41) is 4.96. The first-order valence-electron chi connectivity index (χ1n) is 9.79. The van der Waals surface area contributed by atoms with Crippen molar-refractivity contribution in [3.63, 3.8) is 0 Å². The van der Waals surface area contributed by atoms with Gasteiger partial charge in [0, 0.05) is 0 Å². The van der Waals surface area contributed by atoms with Gasteiger partial charge in [0.2, 0.25) is 0 Å². The summed E-state index contributed by atoms with van der Waals surface area (Å²) in [7, 11) is 0. The van der Waals surface area contributed by atoms with Gasteiger partial charge < -0.3 is 10.5 Å². The van der Waals surface area contributed by atoms with Crippen LogP contribution in [-0.2, 0) is 15.7 Å². The van der Waals surface area contributed by atoms with E-state index in [-0.39, 0.29) is 5.41 Å². The summed E-state index contributed by atoms with van der Waals surface area (Å²) in [6, 6.07) is 12.9. The highest BCUT2D eigenvalue weighted by atomic mass is 16.1. The van der Waals surface area contributed by atoms with Crippen molar-refractivity contribution in [3.8, 4) is 0 Å². The second-order valence-corrected chi connectivity index (χ2v) is 8.42. The van der Waals surface area contributed by atoms with Gasteiger partial charge in [0.05, 0.1) is 5.54 Å². The highest BCUT2D eigenvalue weighted by molar-refractivity contribution is 6.06. The molecule has 3 rings (SSSR count). The Bertz CT molecular complexity index is 991. The second kappa shape index (κ2) is 7.44. The van der Waals surface area contributed by atoms with Crippen molar-refractivity contribution < 1.29 is 4.79 Å². The van der Waals surface area contributed by atoms with Crippen molar-refractivity contribution in [2.45, 2.75) is 66.3 Å². The van der Waals surface area contributed by atoms with E-state index in [1.54, 1.807) is 6.92 Å². The number of carbonyl (C=O) groups excluding carboxylic acids is 1. The van der Waals surface area contributed by atoms with Gasteiger partial charge in [0.1, 0.15) is 6.29 Å². The van der Waals surface area contributed by atoms with Crippen LogP contribution >= 0.6 is 0 Å². The van der Waals surface area contributed by atoms with Crippen molar-refractivity contribution in [1.82, 2.24) is 0 Å². The molecule has 2 nitrogen and oxygen atoms in total. The Morgan fingerprint density at radius 2 is 1.15 bits per heavy atom. The summed E-state index contributed by atoms with van der Waals surface area (Å²) in [6.45, 7) is 16.8. The minimum atomic E-state index is -0.959. The lowest BCUT2D eigenvalue weighted by Crippen LogP contribution is -2.34. The monoisotopic (exact) mass is 363 g/mol. The maximum Gasteiger partial charge on any atom is 0.144 e. The van der Waals surface area contributed by atoms with Gasteiger partial charge in [0.25, 0.3) is 0 Å². The summed E-state index contributed by atoms with van der Waals surface area (Å²) >= 11 is 0. The number of aldehydes is 1. The molecule has 0 bridgehead atoms. The average Bonchev–Trinajstić information content (AvgIpc) is 2.66. The lowest BCUT2D eigenvalue weighted by molar-refractivity contribution is -0.112. The zero-order valence-corrected chi connectivity index (χ0v) is 18.0. The number of hydrogen-bond donors (Lipinski definition) is 1. The number of nitrogens with two attached hydrogens (primary N) is 1. The molecule has 0 aliphatic heterocycles. The average molecular weight is 364 g/mol. The van der Waals surface area contributed by atoms with E-state index < -0.39 is 5.54 Å². The maximum atomic E-state index is 11.3. The predicted octanol–water partition coefficient (Wildman–Crippen LogP) is 6.31. The minimum Gasteiger partial charge on any atom is -0.316 e. The van der Waals surface area contributed by atoms with Crippen LogP contribution in [0.5, 0.6) is 0 Å². The van der Waals surface area contributed by atoms with E-state index in [1.165, 1.54) is 38.2 Å². The van der Waals surface area contributed by atoms with Gasteiger partial charge in [-0.1, -0.05) is 65.0 Å². The van der Waals surface area contributed by atoms with Gasteiger partial charge in [-0.2, -0.15) is 0 Å². The fourth-order valence-electron chi connectivity index (χ4n) is 3.52. The van der Waals surface area contributed by atoms with Crippen molar-refractivity contribution in [1.29, 1.82) is 0 Å². The van der Waals surface area contributed by atoms with E-state index >= 15 is 0 Å². The second-order valence-electron chi connectivity index (χ2n) is 8.42. The van der Waals surface area contributed by atoms with Gasteiger partial charge in [-0.3, -0.25) is 0 Å². The summed E-state index contributed by atoms with van der Waals surface area (Å²) in [4.78, 5) is 11.3. The number of rotatable bonds is 2. The Kier molecular flexibility index (Phi) is 5.82. The molecule has 0 amide bonds. The number of carbonyl (C=O) groups is 1. The Balaban J connectivity index is 0.00000126. The van der Waals surface area contributed by atoms with Gasteiger partial charge >= 0.3 is 0 Å². The van der Waals surface area contributed by atoms with Gasteiger partial charge in [-0.15, -0.1) is 0 Å². The third kappa shape index (κ3) is 3.77. The van der Waals surface area contributed by atoms with E-state index in [2.05, 4.69) is 65.0 Å². The molecule has 0 spiro atoms. The molecule has 0 aliphatic rings. The molecule has 27 heavy (non-hydrogen) atoms.